The molecule has 1 aliphatic heterocycles. The van der Waals surface area contributed by atoms with E-state index in [1.165, 1.54) is 0 Å². The van der Waals surface area contributed by atoms with Gasteiger partial charge in [-0.3, -0.25) is 0 Å². The lowest BCUT2D eigenvalue weighted by atomic mass is 9.79. The molecule has 4 nitrogen and oxygen atoms in total. The molecule has 0 unspecified atom stereocenters. The van der Waals surface area contributed by atoms with Crippen molar-refractivity contribution in [2.45, 2.75) is 57.3 Å². The molecule has 3 rings (SSSR count). The zero-order valence-corrected chi connectivity index (χ0v) is 17.1. The van der Waals surface area contributed by atoms with Gasteiger partial charge in [0.15, 0.2) is 11.5 Å². The summed E-state index contributed by atoms with van der Waals surface area (Å²) in [5.74, 6) is 0.130. The Morgan fingerprint density at radius 2 is 1.81 bits per heavy atom. The first kappa shape index (κ1) is 20.0. The van der Waals surface area contributed by atoms with Crippen molar-refractivity contribution in [3.8, 4) is 5.75 Å². The number of rotatable bonds is 4. The van der Waals surface area contributed by atoms with Gasteiger partial charge in [-0.25, -0.2) is 0 Å². The minimum absolute atomic E-state index is 0.352. The molecule has 2 fully saturated rings. The van der Waals surface area contributed by atoms with Crippen LogP contribution in [0, 0.1) is 6.92 Å². The lowest BCUT2D eigenvalue weighted by Gasteiger charge is -2.46. The number of aryl methyl sites for hydroxylation is 1. The molecule has 0 amide bonds. The lowest BCUT2D eigenvalue weighted by Crippen LogP contribution is -2.48. The Morgan fingerprint density at radius 3 is 2.38 bits per heavy atom. The molecule has 0 atom stereocenters. The zero-order valence-electron chi connectivity index (χ0n) is 15.6. The van der Waals surface area contributed by atoms with Crippen LogP contribution < -0.4 is 4.29 Å². The summed E-state index contributed by atoms with van der Waals surface area (Å²) >= 11 is 11.8. The van der Waals surface area contributed by atoms with Crippen LogP contribution >= 0.6 is 23.5 Å². The van der Waals surface area contributed by atoms with Gasteiger partial charge in [0.25, 0.3) is 0 Å². The zero-order chi connectivity index (χ0) is 18.8. The van der Waals surface area contributed by atoms with Crippen molar-refractivity contribution in [3.05, 3.63) is 34.4 Å². The Bertz CT molecular complexity index is 671. The van der Waals surface area contributed by atoms with Gasteiger partial charge < -0.3 is 18.5 Å². The van der Waals surface area contributed by atoms with E-state index in [0.717, 1.165) is 62.0 Å². The van der Waals surface area contributed by atoms with Crippen molar-refractivity contribution in [1.82, 2.24) is 0 Å². The highest BCUT2D eigenvalue weighted by atomic mass is 35.5. The first-order valence-corrected chi connectivity index (χ1v) is 9.73. The fourth-order valence-corrected chi connectivity index (χ4v) is 4.50. The molecule has 1 aromatic carbocycles. The fourth-order valence-electron chi connectivity index (χ4n) is 4.11. The highest BCUT2D eigenvalue weighted by molar-refractivity contribution is 6.31. The van der Waals surface area contributed by atoms with Crippen LogP contribution in [-0.2, 0) is 14.2 Å². The van der Waals surface area contributed by atoms with Gasteiger partial charge >= 0.3 is 0 Å². The summed E-state index contributed by atoms with van der Waals surface area (Å²) in [5.41, 5.74) is 2.67. The maximum absolute atomic E-state index is 6.12. The fraction of sp³-hybridized carbons (Fsp3) is 0.600. The Balaban J connectivity index is 1.85. The molecule has 0 bridgehead atoms. The number of benzene rings is 1. The Morgan fingerprint density at radius 1 is 1.15 bits per heavy atom. The molecule has 144 valence electrons. The molecular formula is C20H26Cl2O4. The van der Waals surface area contributed by atoms with E-state index in [1.807, 2.05) is 13.0 Å². The number of hydrogen-bond donors (Lipinski definition) is 0. The summed E-state index contributed by atoms with van der Waals surface area (Å²) in [7, 11) is 1.76. The van der Waals surface area contributed by atoms with Crippen molar-refractivity contribution < 1.29 is 18.5 Å². The van der Waals surface area contributed by atoms with Crippen LogP contribution in [0.15, 0.2) is 18.2 Å². The van der Waals surface area contributed by atoms with E-state index in [0.29, 0.717) is 10.8 Å². The third-order valence-electron chi connectivity index (χ3n) is 5.50. The SMILES string of the molecule is COC1(/C=C(\C)c2c(C)cc(Cl)cc2OCl)CCC2(CC1)OCCCO2. The van der Waals surface area contributed by atoms with Crippen molar-refractivity contribution in [3.63, 3.8) is 0 Å². The van der Waals surface area contributed by atoms with Gasteiger partial charge in [0.05, 0.1) is 18.8 Å². The second-order valence-corrected chi connectivity index (χ2v) is 7.82. The molecule has 1 saturated carbocycles. The number of halogens is 2. The first-order valence-electron chi connectivity index (χ1n) is 9.04. The molecule has 0 aromatic heterocycles. The predicted molar refractivity (Wildman–Crippen MR) is 104 cm³/mol. The summed E-state index contributed by atoms with van der Waals surface area (Å²) in [4.78, 5) is 0. The van der Waals surface area contributed by atoms with Gasteiger partial charge in [-0.1, -0.05) is 11.6 Å². The van der Waals surface area contributed by atoms with Crippen molar-refractivity contribution in [2.75, 3.05) is 20.3 Å². The summed E-state index contributed by atoms with van der Waals surface area (Å²) in [6.07, 6.45) is 6.47. The molecule has 6 heteroatoms. The van der Waals surface area contributed by atoms with Gasteiger partial charge in [0.2, 0.25) is 0 Å². The first-order chi connectivity index (χ1) is 12.4. The smallest absolute Gasteiger partial charge is 0.168 e. The number of ether oxygens (including phenoxy) is 3. The Labute approximate surface area is 165 Å². The van der Waals surface area contributed by atoms with E-state index in [4.69, 9.17) is 42.0 Å². The summed E-state index contributed by atoms with van der Waals surface area (Å²) in [6.45, 7) is 5.59. The molecule has 1 aromatic rings. The van der Waals surface area contributed by atoms with E-state index >= 15 is 0 Å². The van der Waals surface area contributed by atoms with E-state index in [1.54, 1.807) is 13.2 Å². The summed E-state index contributed by atoms with van der Waals surface area (Å²) < 4.78 is 22.9. The molecular weight excluding hydrogens is 375 g/mol. The molecule has 1 heterocycles. The van der Waals surface area contributed by atoms with Crippen molar-refractivity contribution in [1.29, 1.82) is 0 Å². The summed E-state index contributed by atoms with van der Waals surface area (Å²) in [5, 5.41) is 0.599. The highest BCUT2D eigenvalue weighted by Gasteiger charge is 2.44. The van der Waals surface area contributed by atoms with Crippen LogP contribution in [0.4, 0.5) is 0 Å². The van der Waals surface area contributed by atoms with Crippen LogP contribution in [0.2, 0.25) is 5.02 Å². The predicted octanol–water partition coefficient (Wildman–Crippen LogP) is 5.68. The van der Waals surface area contributed by atoms with Crippen LogP contribution in [0.3, 0.4) is 0 Å². The van der Waals surface area contributed by atoms with Crippen LogP contribution in [0.1, 0.15) is 50.2 Å². The Kier molecular flexibility index (Phi) is 6.20. The molecule has 26 heavy (non-hydrogen) atoms. The van der Waals surface area contributed by atoms with E-state index in [-0.39, 0.29) is 5.60 Å². The maximum atomic E-state index is 6.12. The minimum atomic E-state index is -0.428. The van der Waals surface area contributed by atoms with Crippen molar-refractivity contribution in [2.24, 2.45) is 0 Å². The van der Waals surface area contributed by atoms with E-state index in [2.05, 4.69) is 13.0 Å². The third-order valence-corrected chi connectivity index (χ3v) is 5.89. The molecule has 1 spiro atoms. The topological polar surface area (TPSA) is 36.9 Å². The number of allylic oxidation sites excluding steroid dienone is 1. The number of methoxy groups -OCH3 is 1. The van der Waals surface area contributed by atoms with Gasteiger partial charge in [-0.2, -0.15) is 0 Å². The standard InChI is InChI=1S/C20H26Cl2O4/c1-14-11-16(21)12-17(26-22)18(14)15(2)13-19(23-3)5-7-20(8-6-19)24-9-4-10-25-20/h11-13H,4-10H2,1-3H3/b15-13+. The quantitative estimate of drug-likeness (QED) is 0.651. The molecule has 2 aliphatic rings. The average Bonchev–Trinajstić information content (AvgIpc) is 2.64. The maximum Gasteiger partial charge on any atom is 0.168 e. The second-order valence-electron chi connectivity index (χ2n) is 7.23. The monoisotopic (exact) mass is 400 g/mol. The third kappa shape index (κ3) is 4.05. The van der Waals surface area contributed by atoms with Crippen LogP contribution in [0.25, 0.3) is 5.57 Å². The largest absolute Gasteiger partial charge is 0.385 e. The van der Waals surface area contributed by atoms with Gasteiger partial charge in [0, 0.05) is 36.6 Å². The molecule has 0 radical (unpaired) electrons. The average molecular weight is 401 g/mol. The molecule has 1 saturated heterocycles. The van der Waals surface area contributed by atoms with E-state index < -0.39 is 5.79 Å². The highest BCUT2D eigenvalue weighted by Crippen LogP contribution is 2.44. The van der Waals surface area contributed by atoms with Gasteiger partial charge in [-0.15, -0.1) is 0 Å². The Hall–Kier alpha value is -0.780. The molecule has 1 aliphatic carbocycles. The molecule has 0 N–H and O–H groups in total. The second kappa shape index (κ2) is 8.07. The van der Waals surface area contributed by atoms with Crippen LogP contribution in [-0.4, -0.2) is 31.7 Å². The lowest BCUT2D eigenvalue weighted by molar-refractivity contribution is -0.290. The van der Waals surface area contributed by atoms with Crippen LogP contribution in [0.5, 0.6) is 5.75 Å². The summed E-state index contributed by atoms with van der Waals surface area (Å²) in [6, 6.07) is 3.64. The van der Waals surface area contributed by atoms with Crippen molar-refractivity contribution >= 4 is 29.0 Å². The van der Waals surface area contributed by atoms with Gasteiger partial charge in [0.1, 0.15) is 11.9 Å². The minimum Gasteiger partial charge on any atom is -0.385 e. The van der Waals surface area contributed by atoms with E-state index in [9.17, 15) is 0 Å². The normalized spacial score (nSPS) is 22.4. The number of hydrogen-bond acceptors (Lipinski definition) is 4. The van der Waals surface area contributed by atoms with Gasteiger partial charge in [-0.05, 0) is 56.4 Å².